The molecule has 0 aromatic carbocycles. The molecule has 1 fully saturated rings. The first-order chi connectivity index (χ1) is 10.1. The Morgan fingerprint density at radius 2 is 2.19 bits per heavy atom. The minimum atomic E-state index is -0.0492. The van der Waals surface area contributed by atoms with Gasteiger partial charge < -0.3 is 15.4 Å². The lowest BCUT2D eigenvalue weighted by Gasteiger charge is -2.35. The molecular weight excluding hydrogens is 266 g/mol. The van der Waals surface area contributed by atoms with Crippen LogP contribution in [0.3, 0.4) is 0 Å². The van der Waals surface area contributed by atoms with E-state index in [9.17, 15) is 5.26 Å². The fraction of sp³-hybridized carbons (Fsp3) is 0.667. The molecule has 6 heteroatoms. The molecule has 6 nitrogen and oxygen atoms in total. The van der Waals surface area contributed by atoms with Gasteiger partial charge in [-0.25, -0.2) is 0 Å². The fourth-order valence-electron chi connectivity index (χ4n) is 2.69. The van der Waals surface area contributed by atoms with Crippen LogP contribution in [0.1, 0.15) is 37.6 Å². The zero-order valence-electron chi connectivity index (χ0n) is 13.0. The first-order valence-electron chi connectivity index (χ1n) is 7.52. The Bertz CT molecular complexity index is 538. The molecule has 2 heterocycles. The lowest BCUT2D eigenvalue weighted by molar-refractivity contribution is 0.0273. The lowest BCUT2D eigenvalue weighted by atomic mass is 10.0. The molecule has 1 aromatic rings. The highest BCUT2D eigenvalue weighted by Crippen LogP contribution is 2.25. The van der Waals surface area contributed by atoms with Crippen LogP contribution in [0.2, 0.25) is 0 Å². The van der Waals surface area contributed by atoms with Crippen molar-refractivity contribution in [3.05, 3.63) is 16.8 Å². The molecule has 1 saturated heterocycles. The van der Waals surface area contributed by atoms with Gasteiger partial charge in [0.2, 0.25) is 0 Å². The summed E-state index contributed by atoms with van der Waals surface area (Å²) in [6, 6.07) is 2.27. The van der Waals surface area contributed by atoms with E-state index in [1.54, 1.807) is 0 Å². The Hall–Kier alpha value is -1.71. The van der Waals surface area contributed by atoms with Gasteiger partial charge in [0.1, 0.15) is 11.6 Å². The van der Waals surface area contributed by atoms with Crippen molar-refractivity contribution in [3.8, 4) is 6.07 Å². The summed E-state index contributed by atoms with van der Waals surface area (Å²) in [5, 5.41) is 18.2. The number of nitriles is 1. The number of aryl methyl sites for hydroxylation is 1. The molecule has 2 rings (SSSR count). The van der Waals surface area contributed by atoms with Gasteiger partial charge in [0.05, 0.1) is 18.4 Å². The van der Waals surface area contributed by atoms with E-state index in [0.717, 1.165) is 24.1 Å². The standard InChI is InChI=1S/C15H23N5O/c1-4-11-12(8-16)15(19-18-13(11)5-2)20-6-7-21-14(9-20)10(3)17/h10,14H,4-7,9,17H2,1-3H3. The zero-order valence-corrected chi connectivity index (χ0v) is 13.0. The third-order valence-corrected chi connectivity index (χ3v) is 3.92. The van der Waals surface area contributed by atoms with Crippen LogP contribution < -0.4 is 10.6 Å². The van der Waals surface area contributed by atoms with Gasteiger partial charge in [-0.1, -0.05) is 13.8 Å². The van der Waals surface area contributed by atoms with Crippen molar-refractivity contribution in [3.63, 3.8) is 0 Å². The van der Waals surface area contributed by atoms with Crippen LogP contribution in [0.5, 0.6) is 0 Å². The van der Waals surface area contributed by atoms with Gasteiger partial charge in [0.25, 0.3) is 0 Å². The van der Waals surface area contributed by atoms with Gasteiger partial charge in [-0.05, 0) is 25.3 Å². The summed E-state index contributed by atoms with van der Waals surface area (Å²) in [5.41, 5.74) is 8.49. The number of morpholine rings is 1. The second-order valence-electron chi connectivity index (χ2n) is 5.36. The molecule has 1 aliphatic rings. The summed E-state index contributed by atoms with van der Waals surface area (Å²) in [6.07, 6.45) is 1.54. The molecule has 1 aliphatic heterocycles. The highest BCUT2D eigenvalue weighted by molar-refractivity contribution is 5.58. The Morgan fingerprint density at radius 1 is 1.43 bits per heavy atom. The highest BCUT2D eigenvalue weighted by Gasteiger charge is 2.27. The smallest absolute Gasteiger partial charge is 0.169 e. The molecule has 2 unspecified atom stereocenters. The number of nitrogens with two attached hydrogens (primary N) is 1. The SMILES string of the molecule is CCc1nnc(N2CCOC(C(C)N)C2)c(C#N)c1CC. The van der Waals surface area contributed by atoms with Crippen molar-refractivity contribution >= 4 is 5.82 Å². The van der Waals surface area contributed by atoms with E-state index >= 15 is 0 Å². The largest absolute Gasteiger partial charge is 0.373 e. The molecule has 114 valence electrons. The minimum Gasteiger partial charge on any atom is -0.373 e. The quantitative estimate of drug-likeness (QED) is 0.890. The van der Waals surface area contributed by atoms with Crippen molar-refractivity contribution in [1.29, 1.82) is 5.26 Å². The van der Waals surface area contributed by atoms with Crippen molar-refractivity contribution in [2.24, 2.45) is 5.73 Å². The Labute approximate surface area is 125 Å². The van der Waals surface area contributed by atoms with Crippen LogP contribution >= 0.6 is 0 Å². The van der Waals surface area contributed by atoms with Crippen LogP contribution in [-0.2, 0) is 17.6 Å². The zero-order chi connectivity index (χ0) is 15.4. The van der Waals surface area contributed by atoms with Gasteiger partial charge in [-0.15, -0.1) is 5.10 Å². The average Bonchev–Trinajstić information content (AvgIpc) is 2.53. The molecule has 0 radical (unpaired) electrons. The molecule has 2 N–H and O–H groups in total. The molecular formula is C15H23N5O. The van der Waals surface area contributed by atoms with Gasteiger partial charge in [-0.2, -0.15) is 10.4 Å². The number of anilines is 1. The minimum absolute atomic E-state index is 0.0389. The topological polar surface area (TPSA) is 88.1 Å². The van der Waals surface area contributed by atoms with Gasteiger partial charge in [0.15, 0.2) is 5.82 Å². The third-order valence-electron chi connectivity index (χ3n) is 3.92. The van der Waals surface area contributed by atoms with E-state index in [1.807, 2.05) is 20.8 Å². The maximum Gasteiger partial charge on any atom is 0.169 e. The number of ether oxygens (including phenoxy) is 1. The molecule has 0 spiro atoms. The molecule has 0 aliphatic carbocycles. The Morgan fingerprint density at radius 3 is 2.76 bits per heavy atom. The molecule has 21 heavy (non-hydrogen) atoms. The average molecular weight is 289 g/mol. The van der Waals surface area contributed by atoms with E-state index < -0.39 is 0 Å². The van der Waals surface area contributed by atoms with Crippen molar-refractivity contribution in [2.75, 3.05) is 24.6 Å². The van der Waals surface area contributed by atoms with E-state index in [4.69, 9.17) is 10.5 Å². The van der Waals surface area contributed by atoms with E-state index in [-0.39, 0.29) is 12.1 Å². The monoisotopic (exact) mass is 289 g/mol. The van der Waals surface area contributed by atoms with Crippen LogP contribution in [-0.4, -0.2) is 42.0 Å². The lowest BCUT2D eigenvalue weighted by Crippen LogP contribution is -2.50. The predicted octanol–water partition coefficient (Wildman–Crippen LogP) is 1.03. The number of nitrogens with zero attached hydrogens (tertiary/aromatic N) is 4. The van der Waals surface area contributed by atoms with Gasteiger partial charge >= 0.3 is 0 Å². The first kappa shape index (κ1) is 15.7. The Balaban J connectivity index is 2.37. The second kappa shape index (κ2) is 6.83. The molecule has 0 amide bonds. The van der Waals surface area contributed by atoms with E-state index in [0.29, 0.717) is 31.1 Å². The predicted molar refractivity (Wildman–Crippen MR) is 81.1 cm³/mol. The highest BCUT2D eigenvalue weighted by atomic mass is 16.5. The summed E-state index contributed by atoms with van der Waals surface area (Å²) < 4.78 is 5.67. The molecule has 0 saturated carbocycles. The molecule has 0 bridgehead atoms. The van der Waals surface area contributed by atoms with Gasteiger partial charge in [0, 0.05) is 19.1 Å². The molecule has 2 atom stereocenters. The van der Waals surface area contributed by atoms with E-state index in [1.165, 1.54) is 0 Å². The maximum absolute atomic E-state index is 9.56. The van der Waals surface area contributed by atoms with Crippen LogP contribution in [0, 0.1) is 11.3 Å². The van der Waals surface area contributed by atoms with Crippen LogP contribution in [0.15, 0.2) is 0 Å². The molecule has 1 aromatic heterocycles. The number of hydrogen-bond donors (Lipinski definition) is 1. The fourth-order valence-corrected chi connectivity index (χ4v) is 2.69. The second-order valence-corrected chi connectivity index (χ2v) is 5.36. The summed E-state index contributed by atoms with van der Waals surface area (Å²) in [4.78, 5) is 2.07. The third kappa shape index (κ3) is 3.14. The van der Waals surface area contributed by atoms with Crippen LogP contribution in [0.25, 0.3) is 0 Å². The first-order valence-corrected chi connectivity index (χ1v) is 7.52. The summed E-state index contributed by atoms with van der Waals surface area (Å²) >= 11 is 0. The van der Waals surface area contributed by atoms with Crippen molar-refractivity contribution in [1.82, 2.24) is 10.2 Å². The van der Waals surface area contributed by atoms with Crippen LogP contribution in [0.4, 0.5) is 5.82 Å². The summed E-state index contributed by atoms with van der Waals surface area (Å²) in [6.45, 7) is 7.96. The van der Waals surface area contributed by atoms with Crippen molar-refractivity contribution in [2.45, 2.75) is 45.8 Å². The van der Waals surface area contributed by atoms with Crippen molar-refractivity contribution < 1.29 is 4.74 Å². The summed E-state index contributed by atoms with van der Waals surface area (Å²) in [7, 11) is 0. The summed E-state index contributed by atoms with van der Waals surface area (Å²) in [5.74, 6) is 0.667. The maximum atomic E-state index is 9.56. The number of hydrogen-bond acceptors (Lipinski definition) is 6. The van der Waals surface area contributed by atoms with Gasteiger partial charge in [-0.3, -0.25) is 0 Å². The number of aromatic nitrogens is 2. The Kier molecular flexibility index (Phi) is 5.10. The normalized spacial score (nSPS) is 20.1. The van der Waals surface area contributed by atoms with E-state index in [2.05, 4.69) is 21.2 Å². The number of rotatable bonds is 4.